The molecule has 0 aliphatic carbocycles. The fourth-order valence-corrected chi connectivity index (χ4v) is 7.63. The van der Waals surface area contributed by atoms with E-state index in [9.17, 15) is 4.39 Å². The number of anilines is 3. The van der Waals surface area contributed by atoms with Crippen LogP contribution in [0, 0.1) is 12.7 Å². The van der Waals surface area contributed by atoms with E-state index in [4.69, 9.17) is 9.72 Å². The van der Waals surface area contributed by atoms with E-state index in [1.54, 1.807) is 19.2 Å². The Kier molecular flexibility index (Phi) is 6.11. The molecule has 0 fully saturated rings. The first-order valence-electron chi connectivity index (χ1n) is 13.1. The number of fused-ring (bicyclic) bond motifs is 3. The predicted octanol–water partition coefficient (Wildman–Crippen LogP) is 7.46. The zero-order valence-electron chi connectivity index (χ0n) is 22.1. The van der Waals surface area contributed by atoms with Gasteiger partial charge in [-0.05, 0) is 0 Å². The number of para-hydroxylation sites is 2. The van der Waals surface area contributed by atoms with Crippen molar-refractivity contribution in [3.63, 3.8) is 0 Å². The van der Waals surface area contributed by atoms with Crippen molar-refractivity contribution in [1.29, 1.82) is 0 Å². The van der Waals surface area contributed by atoms with Crippen LogP contribution < -0.4 is 18.6 Å². The molecule has 5 aromatic carbocycles. The summed E-state index contributed by atoms with van der Waals surface area (Å²) in [5.41, 5.74) is 9.26. The summed E-state index contributed by atoms with van der Waals surface area (Å²) in [5, 5.41) is 1.10. The van der Waals surface area contributed by atoms with E-state index in [2.05, 4.69) is 90.7 Å². The first-order chi connectivity index (χ1) is 19.6. The van der Waals surface area contributed by atoms with Gasteiger partial charge in [-0.1, -0.05) is 0 Å². The molecule has 0 radical (unpaired) electrons. The van der Waals surface area contributed by atoms with Gasteiger partial charge in [-0.3, -0.25) is 0 Å². The van der Waals surface area contributed by atoms with Crippen molar-refractivity contribution in [1.82, 2.24) is 4.98 Å². The number of methoxy groups -OCH3 is 1. The molecular weight excluding hydrogens is 562 g/mol. The second-order valence-electron chi connectivity index (χ2n) is 9.79. The third kappa shape index (κ3) is 4.15. The summed E-state index contributed by atoms with van der Waals surface area (Å²) in [4.78, 5) is 7.65. The summed E-state index contributed by atoms with van der Waals surface area (Å²) >= 11 is 0.213. The number of rotatable bonds is 4. The van der Waals surface area contributed by atoms with Crippen molar-refractivity contribution in [2.24, 2.45) is 0 Å². The maximum absolute atomic E-state index is 13.9. The van der Waals surface area contributed by atoms with Crippen LogP contribution in [0.3, 0.4) is 0 Å². The summed E-state index contributed by atoms with van der Waals surface area (Å²) < 4.78 is 22.0. The Bertz CT molecular complexity index is 1840. The molecule has 194 valence electrons. The normalized spacial score (nSPS) is 12.2. The molecule has 6 aromatic rings. The second kappa shape index (κ2) is 9.95. The predicted molar refractivity (Wildman–Crippen MR) is 164 cm³/mol. The van der Waals surface area contributed by atoms with E-state index < -0.39 is 0 Å². The Morgan fingerprint density at radius 2 is 1.32 bits per heavy atom. The van der Waals surface area contributed by atoms with Crippen molar-refractivity contribution in [3.05, 3.63) is 127 Å². The first kappa shape index (κ1) is 24.6. The van der Waals surface area contributed by atoms with Crippen LogP contribution >= 0.6 is 0 Å². The number of aryl methyl sites for hydroxylation is 1. The Hall–Kier alpha value is -4.44. The molecule has 1 aliphatic heterocycles. The van der Waals surface area contributed by atoms with E-state index >= 15 is 0 Å². The molecule has 0 spiro atoms. The van der Waals surface area contributed by atoms with Gasteiger partial charge < -0.3 is 0 Å². The number of hydrogen-bond donors (Lipinski definition) is 0. The Labute approximate surface area is 239 Å². The topological polar surface area (TPSA) is 25.4 Å². The third-order valence-electron chi connectivity index (χ3n) is 7.36. The number of hydrogen-bond acceptors (Lipinski definition) is 3. The molecule has 2 heterocycles. The van der Waals surface area contributed by atoms with Crippen LogP contribution in [0.2, 0.25) is 0 Å². The summed E-state index contributed by atoms with van der Waals surface area (Å²) in [7, 11) is 1.68. The van der Waals surface area contributed by atoms with Gasteiger partial charge in [0.1, 0.15) is 0 Å². The van der Waals surface area contributed by atoms with E-state index in [0.717, 1.165) is 50.3 Å². The number of benzene rings is 5. The Balaban J connectivity index is 1.56. The molecule has 0 bridgehead atoms. The van der Waals surface area contributed by atoms with Gasteiger partial charge in [0.15, 0.2) is 0 Å². The minimum absolute atomic E-state index is 0.213. The van der Waals surface area contributed by atoms with Crippen molar-refractivity contribution in [2.45, 2.75) is 6.92 Å². The second-order valence-corrected chi connectivity index (χ2v) is 12.1. The van der Waals surface area contributed by atoms with Crippen molar-refractivity contribution in [2.75, 3.05) is 12.0 Å². The van der Waals surface area contributed by atoms with Gasteiger partial charge in [0, 0.05) is 0 Å². The van der Waals surface area contributed by atoms with Crippen LogP contribution in [0.4, 0.5) is 21.5 Å². The average molecular weight is 588 g/mol. The van der Waals surface area contributed by atoms with E-state index in [1.807, 2.05) is 12.1 Å². The standard InChI is InChI=1S/C35H25FN2OSe/c1-22-11-20-31(38-29-7-3-5-9-32(29)40-33-10-6-4-8-30(33)38)35-34(22)27(23-14-18-26(39-2)19-15-23)21-28(37-35)24-12-16-25(36)17-13-24/h3-21H,1-2H3. The molecule has 0 saturated heterocycles. The molecule has 1 aromatic heterocycles. The van der Waals surface area contributed by atoms with Gasteiger partial charge >= 0.3 is 233 Å². The summed E-state index contributed by atoms with van der Waals surface area (Å²) in [5.74, 6) is 0.543. The molecule has 5 heteroatoms. The molecule has 40 heavy (non-hydrogen) atoms. The average Bonchev–Trinajstić information content (AvgIpc) is 3.00. The minimum atomic E-state index is -0.264. The van der Waals surface area contributed by atoms with Gasteiger partial charge in [0.05, 0.1) is 7.11 Å². The Morgan fingerprint density at radius 1 is 0.700 bits per heavy atom. The van der Waals surface area contributed by atoms with Crippen molar-refractivity contribution < 1.29 is 9.13 Å². The summed E-state index contributed by atoms with van der Waals surface area (Å²) in [6, 6.07) is 38.5. The van der Waals surface area contributed by atoms with Crippen LogP contribution in [-0.2, 0) is 0 Å². The van der Waals surface area contributed by atoms with Crippen LogP contribution in [0.1, 0.15) is 5.56 Å². The quantitative estimate of drug-likeness (QED) is 0.200. The van der Waals surface area contributed by atoms with Crippen molar-refractivity contribution in [3.8, 4) is 28.1 Å². The summed E-state index contributed by atoms with van der Waals surface area (Å²) in [6.07, 6.45) is 0. The van der Waals surface area contributed by atoms with Crippen LogP contribution in [0.5, 0.6) is 5.75 Å². The molecule has 0 unspecified atom stereocenters. The van der Waals surface area contributed by atoms with Crippen LogP contribution in [0.15, 0.2) is 115 Å². The fourth-order valence-electron chi connectivity index (χ4n) is 5.41. The number of nitrogens with zero attached hydrogens (tertiary/aromatic N) is 2. The zero-order valence-corrected chi connectivity index (χ0v) is 23.8. The van der Waals surface area contributed by atoms with E-state index in [1.165, 1.54) is 32.4 Å². The molecule has 0 atom stereocenters. The SMILES string of the molecule is COc1ccc(-c2cc(-c3ccc(F)cc3)nc3c(N4c5ccccc5[Se]c5ccccc54)ccc(C)c23)cc1. The van der Waals surface area contributed by atoms with Gasteiger partial charge in [0.25, 0.3) is 0 Å². The zero-order chi connectivity index (χ0) is 27.2. The Morgan fingerprint density at radius 3 is 1.98 bits per heavy atom. The van der Waals surface area contributed by atoms with Crippen molar-refractivity contribution >= 4 is 51.8 Å². The molecule has 1 aliphatic rings. The fraction of sp³-hybridized carbons (Fsp3) is 0.0571. The van der Waals surface area contributed by atoms with Gasteiger partial charge in [-0.2, -0.15) is 0 Å². The number of pyridine rings is 1. The van der Waals surface area contributed by atoms with E-state index in [0.29, 0.717) is 0 Å². The molecular formula is C35H25FN2OSe. The molecule has 7 rings (SSSR count). The number of ether oxygens (including phenoxy) is 1. The van der Waals surface area contributed by atoms with Crippen LogP contribution in [0.25, 0.3) is 33.3 Å². The maximum atomic E-state index is 13.9. The molecule has 0 saturated carbocycles. The monoisotopic (exact) mass is 588 g/mol. The number of aromatic nitrogens is 1. The van der Waals surface area contributed by atoms with Gasteiger partial charge in [0.2, 0.25) is 0 Å². The first-order valence-corrected chi connectivity index (χ1v) is 14.8. The summed E-state index contributed by atoms with van der Waals surface area (Å²) in [6.45, 7) is 2.14. The van der Waals surface area contributed by atoms with Gasteiger partial charge in [-0.25, -0.2) is 0 Å². The molecule has 0 N–H and O–H groups in total. The number of halogens is 1. The molecule has 3 nitrogen and oxygen atoms in total. The van der Waals surface area contributed by atoms with E-state index in [-0.39, 0.29) is 20.8 Å². The van der Waals surface area contributed by atoms with Crippen LogP contribution in [-0.4, -0.2) is 27.1 Å². The molecule has 0 amide bonds. The van der Waals surface area contributed by atoms with Gasteiger partial charge in [-0.15, -0.1) is 0 Å². The third-order valence-corrected chi connectivity index (χ3v) is 9.73.